The lowest BCUT2D eigenvalue weighted by atomic mass is 9.78. The fraction of sp³-hybridized carbons (Fsp3) is 0.923. The highest BCUT2D eigenvalue weighted by Crippen LogP contribution is 2.60. The van der Waals surface area contributed by atoms with Crippen LogP contribution < -0.4 is 0 Å². The number of carbonyl (C=O) groups is 1. The van der Waals surface area contributed by atoms with Gasteiger partial charge in [0.25, 0.3) is 0 Å². The van der Waals surface area contributed by atoms with E-state index in [4.69, 9.17) is 9.47 Å². The van der Waals surface area contributed by atoms with Crippen LogP contribution in [0.15, 0.2) is 0 Å². The zero-order valence-corrected chi connectivity index (χ0v) is 9.96. The van der Waals surface area contributed by atoms with Gasteiger partial charge >= 0.3 is 5.97 Å². The molecule has 3 aliphatic rings. The lowest BCUT2D eigenvalue weighted by Crippen LogP contribution is -2.41. The number of rotatable bonds is 3. The van der Waals surface area contributed by atoms with Crippen LogP contribution in [0, 0.1) is 0 Å². The van der Waals surface area contributed by atoms with E-state index in [1.54, 1.807) is 0 Å². The number of esters is 1. The van der Waals surface area contributed by atoms with E-state index in [-0.39, 0.29) is 17.7 Å². The van der Waals surface area contributed by atoms with Crippen LogP contribution in [0.1, 0.15) is 58.3 Å². The lowest BCUT2D eigenvalue weighted by Gasteiger charge is -2.29. The SMILES string of the molecule is CCC12CCCCC1(C(=O)OC1CCC1)O2. The molecule has 0 bridgehead atoms. The number of epoxide rings is 1. The number of hydrogen-bond donors (Lipinski definition) is 0. The van der Waals surface area contributed by atoms with Crippen LogP contribution in [-0.4, -0.2) is 23.3 Å². The smallest absolute Gasteiger partial charge is 0.341 e. The Hall–Kier alpha value is -0.570. The second kappa shape index (κ2) is 3.46. The molecule has 0 amide bonds. The van der Waals surface area contributed by atoms with Crippen molar-refractivity contribution in [3.8, 4) is 0 Å². The van der Waals surface area contributed by atoms with E-state index in [0.717, 1.165) is 38.5 Å². The minimum atomic E-state index is -0.546. The summed E-state index contributed by atoms with van der Waals surface area (Å²) in [6, 6.07) is 0. The quantitative estimate of drug-likeness (QED) is 0.546. The average molecular weight is 224 g/mol. The van der Waals surface area contributed by atoms with Gasteiger partial charge in [-0.25, -0.2) is 4.79 Å². The summed E-state index contributed by atoms with van der Waals surface area (Å²) < 4.78 is 11.4. The molecule has 16 heavy (non-hydrogen) atoms. The van der Waals surface area contributed by atoms with Crippen molar-refractivity contribution in [2.24, 2.45) is 0 Å². The summed E-state index contributed by atoms with van der Waals surface area (Å²) in [7, 11) is 0. The number of carbonyl (C=O) groups excluding carboxylic acids is 1. The Morgan fingerprint density at radius 3 is 2.69 bits per heavy atom. The zero-order chi connectivity index (χ0) is 11.2. The molecule has 3 fully saturated rings. The van der Waals surface area contributed by atoms with Crippen LogP contribution in [0.3, 0.4) is 0 Å². The van der Waals surface area contributed by atoms with Gasteiger partial charge < -0.3 is 9.47 Å². The number of ether oxygens (including phenoxy) is 2. The first-order valence-electron chi connectivity index (χ1n) is 6.64. The maximum absolute atomic E-state index is 12.2. The summed E-state index contributed by atoms with van der Waals surface area (Å²) in [6.45, 7) is 2.11. The topological polar surface area (TPSA) is 38.8 Å². The molecule has 3 rings (SSSR count). The van der Waals surface area contributed by atoms with Gasteiger partial charge in [-0.15, -0.1) is 0 Å². The minimum Gasteiger partial charge on any atom is -0.460 e. The molecule has 0 N–H and O–H groups in total. The van der Waals surface area contributed by atoms with Gasteiger partial charge in [0.15, 0.2) is 5.60 Å². The standard InChI is InChI=1S/C13H20O3/c1-2-12-8-3-4-9-13(12,16-12)11(14)15-10-6-5-7-10/h10H,2-9H2,1H3. The van der Waals surface area contributed by atoms with Crippen LogP contribution in [0.2, 0.25) is 0 Å². The van der Waals surface area contributed by atoms with Crippen LogP contribution in [0.4, 0.5) is 0 Å². The van der Waals surface area contributed by atoms with E-state index in [2.05, 4.69) is 6.92 Å². The van der Waals surface area contributed by atoms with Crippen LogP contribution >= 0.6 is 0 Å². The molecule has 0 aromatic rings. The van der Waals surface area contributed by atoms with Gasteiger partial charge in [-0.05, 0) is 44.9 Å². The van der Waals surface area contributed by atoms with Gasteiger partial charge in [0.05, 0.1) is 0 Å². The van der Waals surface area contributed by atoms with E-state index >= 15 is 0 Å². The van der Waals surface area contributed by atoms with Crippen molar-refractivity contribution in [2.45, 2.75) is 75.6 Å². The van der Waals surface area contributed by atoms with Gasteiger partial charge in [0.1, 0.15) is 11.7 Å². The third-order valence-electron chi connectivity index (χ3n) is 4.65. The van der Waals surface area contributed by atoms with Crippen molar-refractivity contribution in [1.82, 2.24) is 0 Å². The molecular formula is C13H20O3. The largest absolute Gasteiger partial charge is 0.460 e. The molecule has 2 aliphatic carbocycles. The molecule has 2 unspecified atom stereocenters. The third kappa shape index (κ3) is 1.27. The fourth-order valence-corrected chi connectivity index (χ4v) is 3.22. The van der Waals surface area contributed by atoms with Crippen molar-refractivity contribution in [2.75, 3.05) is 0 Å². The summed E-state index contributed by atoms with van der Waals surface area (Å²) in [6.07, 6.45) is 8.59. The molecule has 0 spiro atoms. The van der Waals surface area contributed by atoms with E-state index in [1.165, 1.54) is 12.8 Å². The maximum Gasteiger partial charge on any atom is 0.341 e. The van der Waals surface area contributed by atoms with Crippen LogP contribution in [-0.2, 0) is 14.3 Å². The first-order valence-corrected chi connectivity index (χ1v) is 6.64. The van der Waals surface area contributed by atoms with Gasteiger partial charge in [0.2, 0.25) is 0 Å². The molecule has 0 radical (unpaired) electrons. The highest BCUT2D eigenvalue weighted by molar-refractivity contribution is 5.85. The molecule has 2 atom stereocenters. The highest BCUT2D eigenvalue weighted by Gasteiger charge is 2.74. The predicted octanol–water partition coefficient (Wildman–Crippen LogP) is 2.57. The fourth-order valence-electron chi connectivity index (χ4n) is 3.22. The summed E-state index contributed by atoms with van der Waals surface area (Å²) in [4.78, 5) is 12.2. The number of hydrogen-bond acceptors (Lipinski definition) is 3. The highest BCUT2D eigenvalue weighted by atomic mass is 16.7. The van der Waals surface area contributed by atoms with Crippen molar-refractivity contribution in [3.63, 3.8) is 0 Å². The summed E-state index contributed by atoms with van der Waals surface area (Å²) in [5.74, 6) is -0.0706. The van der Waals surface area contributed by atoms with E-state index in [9.17, 15) is 4.79 Å². The monoisotopic (exact) mass is 224 g/mol. The Bertz CT molecular complexity index is 310. The van der Waals surface area contributed by atoms with Gasteiger partial charge in [0, 0.05) is 0 Å². The van der Waals surface area contributed by atoms with Crippen molar-refractivity contribution in [1.29, 1.82) is 0 Å². The van der Waals surface area contributed by atoms with Crippen molar-refractivity contribution >= 4 is 5.97 Å². The first-order chi connectivity index (χ1) is 7.72. The molecule has 0 aromatic carbocycles. The molecule has 1 heterocycles. The Labute approximate surface area is 96.5 Å². The average Bonchev–Trinajstić information content (AvgIpc) is 2.94. The van der Waals surface area contributed by atoms with E-state index in [0.29, 0.717) is 0 Å². The third-order valence-corrected chi connectivity index (χ3v) is 4.65. The number of fused-ring (bicyclic) bond motifs is 1. The minimum absolute atomic E-state index is 0.0706. The van der Waals surface area contributed by atoms with Gasteiger partial charge in [-0.3, -0.25) is 0 Å². The van der Waals surface area contributed by atoms with Gasteiger partial charge in [-0.1, -0.05) is 13.3 Å². The second-order valence-electron chi connectivity index (χ2n) is 5.44. The maximum atomic E-state index is 12.2. The second-order valence-corrected chi connectivity index (χ2v) is 5.44. The Balaban J connectivity index is 1.70. The molecule has 0 aromatic heterocycles. The molecule has 1 saturated heterocycles. The van der Waals surface area contributed by atoms with E-state index < -0.39 is 5.60 Å². The van der Waals surface area contributed by atoms with Crippen molar-refractivity contribution in [3.05, 3.63) is 0 Å². The molecule has 2 saturated carbocycles. The predicted molar refractivity (Wildman–Crippen MR) is 59.0 cm³/mol. The molecule has 3 heteroatoms. The normalized spacial score (nSPS) is 42.1. The van der Waals surface area contributed by atoms with E-state index in [1.807, 2.05) is 0 Å². The summed E-state index contributed by atoms with van der Waals surface area (Å²) >= 11 is 0. The Kier molecular flexibility index (Phi) is 2.29. The first kappa shape index (κ1) is 10.6. The molecular weight excluding hydrogens is 204 g/mol. The van der Waals surface area contributed by atoms with Crippen molar-refractivity contribution < 1.29 is 14.3 Å². The van der Waals surface area contributed by atoms with Crippen LogP contribution in [0.5, 0.6) is 0 Å². The van der Waals surface area contributed by atoms with Crippen LogP contribution in [0.25, 0.3) is 0 Å². The summed E-state index contributed by atoms with van der Waals surface area (Å²) in [5.41, 5.74) is -0.707. The lowest BCUT2D eigenvalue weighted by molar-refractivity contribution is -0.160. The summed E-state index contributed by atoms with van der Waals surface area (Å²) in [5, 5.41) is 0. The Morgan fingerprint density at radius 2 is 2.06 bits per heavy atom. The zero-order valence-electron chi connectivity index (χ0n) is 9.96. The molecule has 3 nitrogen and oxygen atoms in total. The Morgan fingerprint density at radius 1 is 1.31 bits per heavy atom. The van der Waals surface area contributed by atoms with Gasteiger partial charge in [-0.2, -0.15) is 0 Å². The molecule has 1 aliphatic heterocycles. The molecule has 90 valence electrons.